The van der Waals surface area contributed by atoms with Crippen LogP contribution in [0.4, 0.5) is 0 Å². The van der Waals surface area contributed by atoms with Crippen molar-refractivity contribution in [2.45, 2.75) is 50.3 Å². The summed E-state index contributed by atoms with van der Waals surface area (Å²) < 4.78 is 6.15. The molecular weight excluding hydrogens is 553 g/mol. The second-order valence-corrected chi connectivity index (χ2v) is 12.6. The van der Waals surface area contributed by atoms with Crippen molar-refractivity contribution in [2.75, 3.05) is 31.4 Å². The van der Waals surface area contributed by atoms with E-state index in [0.717, 1.165) is 41.8 Å². The molecule has 8 heteroatoms. The first kappa shape index (κ1) is 31.2. The van der Waals surface area contributed by atoms with Crippen molar-refractivity contribution in [3.63, 3.8) is 0 Å². The molecule has 1 saturated heterocycles. The number of nitrogens with zero attached hydrogens (tertiary/aromatic N) is 1. The van der Waals surface area contributed by atoms with E-state index in [1.165, 1.54) is 5.56 Å². The molecule has 1 aliphatic rings. The lowest BCUT2D eigenvalue weighted by Crippen LogP contribution is -2.41. The van der Waals surface area contributed by atoms with Crippen LogP contribution in [0.15, 0.2) is 72.8 Å². The van der Waals surface area contributed by atoms with Crippen LogP contribution in [0.3, 0.4) is 0 Å². The van der Waals surface area contributed by atoms with E-state index in [9.17, 15) is 14.7 Å². The molecule has 1 heterocycles. The van der Waals surface area contributed by atoms with Crippen LogP contribution in [0.25, 0.3) is 11.1 Å². The maximum atomic E-state index is 13.4. The molecule has 1 amide bonds. The molecule has 6 nitrogen and oxygen atoms in total. The average molecular weight is 593 g/mol. The number of aryl methyl sites for hydroxylation is 1. The van der Waals surface area contributed by atoms with Crippen molar-refractivity contribution in [3.05, 3.63) is 95.1 Å². The summed E-state index contributed by atoms with van der Waals surface area (Å²) in [5.41, 5.74) is 5.64. The molecule has 4 rings (SSSR count). The topological polar surface area (TPSA) is 78.9 Å². The first-order valence-corrected chi connectivity index (χ1v) is 16.7. The van der Waals surface area contributed by atoms with Gasteiger partial charge in [-0.05, 0) is 78.0 Å². The number of hydrogen-bond donors (Lipinski definition) is 2. The normalized spacial score (nSPS) is 17.8. The Morgan fingerprint density at radius 1 is 1.02 bits per heavy atom. The van der Waals surface area contributed by atoms with Gasteiger partial charge in [0.25, 0.3) is 5.91 Å². The van der Waals surface area contributed by atoms with Crippen LogP contribution in [0.1, 0.15) is 39.9 Å². The van der Waals surface area contributed by atoms with Gasteiger partial charge >= 0.3 is 5.97 Å². The molecule has 0 aromatic heterocycles. The fourth-order valence-corrected chi connectivity index (χ4v) is 6.54. The fraction of sp³-hybridized carbons (Fsp3) is 0.394. The highest BCUT2D eigenvalue weighted by molar-refractivity contribution is 7.99. The minimum Gasteiger partial charge on any atom is -0.480 e. The van der Waals surface area contributed by atoms with Gasteiger partial charge in [-0.15, -0.1) is 0 Å². The number of hydrogen-bond acceptors (Lipinski definition) is 6. The largest absolute Gasteiger partial charge is 0.480 e. The third-order valence-corrected chi connectivity index (χ3v) is 9.26. The van der Waals surface area contributed by atoms with Crippen LogP contribution < -0.4 is 5.32 Å². The monoisotopic (exact) mass is 592 g/mol. The Morgan fingerprint density at radius 3 is 2.49 bits per heavy atom. The molecule has 0 unspecified atom stereocenters. The van der Waals surface area contributed by atoms with Crippen molar-refractivity contribution in [2.24, 2.45) is 0 Å². The van der Waals surface area contributed by atoms with Gasteiger partial charge < -0.3 is 15.2 Å². The minimum absolute atomic E-state index is 0.314. The standard InChI is InChI=1S/C33H40N2O4S2/c1-23-9-7-8-12-28(23)30-17-25(13-14-29(30)32(36)34-31(33(37)38)15-16-40-2)19-35-20-27(41-3)18-26(35)22-39-21-24-10-5-4-6-11-24/h4-14,17,26-27,31H,15-16,18-22H2,1-3H3,(H,34,36)(H,37,38)/t26-,27-,31-/m0/s1. The SMILES string of the molecule is CSCC[C@H](NC(=O)c1ccc(CN2C[C@@H](SC)C[C@H]2COCc2ccccc2)cc1-c1ccccc1C)C(=O)O. The van der Waals surface area contributed by atoms with Crippen LogP contribution in [0.2, 0.25) is 0 Å². The van der Waals surface area contributed by atoms with Gasteiger partial charge in [0, 0.05) is 29.9 Å². The molecule has 0 radical (unpaired) electrons. The highest BCUT2D eigenvalue weighted by Gasteiger charge is 2.32. The average Bonchev–Trinajstić information content (AvgIpc) is 3.37. The summed E-state index contributed by atoms with van der Waals surface area (Å²) in [7, 11) is 0. The van der Waals surface area contributed by atoms with Crippen molar-refractivity contribution >= 4 is 35.4 Å². The molecule has 1 aliphatic heterocycles. The predicted octanol–water partition coefficient (Wildman–Crippen LogP) is 6.12. The second-order valence-electron chi connectivity index (χ2n) is 10.5. The number of aliphatic carboxylic acids is 1. The van der Waals surface area contributed by atoms with Crippen molar-refractivity contribution in [3.8, 4) is 11.1 Å². The van der Waals surface area contributed by atoms with Gasteiger partial charge in [0.15, 0.2) is 0 Å². The maximum Gasteiger partial charge on any atom is 0.326 e. The summed E-state index contributed by atoms with van der Waals surface area (Å²) in [6, 6.07) is 23.6. The van der Waals surface area contributed by atoms with Gasteiger partial charge in [-0.2, -0.15) is 23.5 Å². The summed E-state index contributed by atoms with van der Waals surface area (Å²) >= 11 is 3.47. The Labute approximate surface area is 252 Å². The smallest absolute Gasteiger partial charge is 0.326 e. The van der Waals surface area contributed by atoms with E-state index in [-0.39, 0.29) is 5.91 Å². The zero-order valence-corrected chi connectivity index (χ0v) is 25.7. The molecule has 3 aromatic rings. The number of carbonyl (C=O) groups excluding carboxylic acids is 1. The summed E-state index contributed by atoms with van der Waals surface area (Å²) in [4.78, 5) is 27.8. The summed E-state index contributed by atoms with van der Waals surface area (Å²) in [6.45, 7) is 5.04. The van der Waals surface area contributed by atoms with Crippen LogP contribution in [-0.4, -0.2) is 70.6 Å². The van der Waals surface area contributed by atoms with Gasteiger partial charge in [0.1, 0.15) is 6.04 Å². The summed E-state index contributed by atoms with van der Waals surface area (Å²) in [5.74, 6) is -0.720. The van der Waals surface area contributed by atoms with E-state index in [1.54, 1.807) is 11.8 Å². The number of likely N-dealkylation sites (tertiary alicyclic amines) is 1. The highest BCUT2D eigenvalue weighted by atomic mass is 32.2. The molecule has 3 aromatic carbocycles. The minimum atomic E-state index is -1.01. The molecule has 218 valence electrons. The number of carboxylic acids is 1. The molecule has 3 atom stereocenters. The third kappa shape index (κ3) is 8.61. The number of benzene rings is 3. The van der Waals surface area contributed by atoms with E-state index in [1.807, 2.05) is 79.5 Å². The van der Waals surface area contributed by atoms with Gasteiger partial charge in [-0.1, -0.05) is 60.7 Å². The zero-order chi connectivity index (χ0) is 29.2. The van der Waals surface area contributed by atoms with E-state index < -0.39 is 12.0 Å². The number of carboxylic acid groups (broad SMARTS) is 1. The van der Waals surface area contributed by atoms with Crippen LogP contribution in [0, 0.1) is 6.92 Å². The molecule has 41 heavy (non-hydrogen) atoms. The Morgan fingerprint density at radius 2 is 1.78 bits per heavy atom. The molecule has 2 N–H and O–H groups in total. The molecule has 0 saturated carbocycles. The van der Waals surface area contributed by atoms with E-state index in [4.69, 9.17) is 4.74 Å². The molecular formula is C33H40N2O4S2. The predicted molar refractivity (Wildman–Crippen MR) is 171 cm³/mol. The molecule has 0 bridgehead atoms. The van der Waals surface area contributed by atoms with Crippen LogP contribution in [-0.2, 0) is 22.7 Å². The Hall–Kier alpha value is -2.78. The maximum absolute atomic E-state index is 13.4. The fourth-order valence-electron chi connectivity index (χ4n) is 5.31. The first-order chi connectivity index (χ1) is 19.9. The van der Waals surface area contributed by atoms with Crippen LogP contribution >= 0.6 is 23.5 Å². The zero-order valence-electron chi connectivity index (χ0n) is 24.0. The summed E-state index contributed by atoms with van der Waals surface area (Å²) in [5, 5.41) is 13.0. The van der Waals surface area contributed by atoms with Crippen molar-refractivity contribution in [1.82, 2.24) is 10.2 Å². The van der Waals surface area contributed by atoms with E-state index in [2.05, 4.69) is 34.7 Å². The lowest BCUT2D eigenvalue weighted by atomic mass is 9.93. The number of amides is 1. The lowest BCUT2D eigenvalue weighted by Gasteiger charge is -2.25. The molecule has 1 fully saturated rings. The molecule has 0 spiro atoms. The number of nitrogens with one attached hydrogen (secondary N) is 1. The van der Waals surface area contributed by atoms with Gasteiger partial charge in [0.05, 0.1) is 13.2 Å². The van der Waals surface area contributed by atoms with E-state index >= 15 is 0 Å². The highest BCUT2D eigenvalue weighted by Crippen LogP contribution is 2.32. The lowest BCUT2D eigenvalue weighted by molar-refractivity contribution is -0.139. The van der Waals surface area contributed by atoms with Gasteiger partial charge in [-0.25, -0.2) is 4.79 Å². The first-order valence-electron chi connectivity index (χ1n) is 14.0. The van der Waals surface area contributed by atoms with Crippen LogP contribution in [0.5, 0.6) is 0 Å². The molecule has 0 aliphatic carbocycles. The Kier molecular flexibility index (Phi) is 11.7. The van der Waals surface area contributed by atoms with Crippen molar-refractivity contribution in [1.29, 1.82) is 0 Å². The second kappa shape index (κ2) is 15.4. The summed E-state index contributed by atoms with van der Waals surface area (Å²) in [6.07, 6.45) is 5.55. The third-order valence-electron chi connectivity index (χ3n) is 7.61. The number of thioether (sulfide) groups is 2. The number of ether oxygens (including phenoxy) is 1. The number of rotatable bonds is 14. The van der Waals surface area contributed by atoms with Gasteiger partial charge in [-0.3, -0.25) is 9.69 Å². The number of carbonyl (C=O) groups is 2. The van der Waals surface area contributed by atoms with Crippen molar-refractivity contribution < 1.29 is 19.4 Å². The van der Waals surface area contributed by atoms with E-state index in [0.29, 0.717) is 42.2 Å². The quantitative estimate of drug-likeness (QED) is 0.234. The van der Waals surface area contributed by atoms with Gasteiger partial charge in [0.2, 0.25) is 0 Å². The Balaban J connectivity index is 1.55. The Bertz CT molecular complexity index is 1300.